The summed E-state index contributed by atoms with van der Waals surface area (Å²) in [5.41, 5.74) is 0.795. The number of benzene rings is 1. The Bertz CT molecular complexity index is 1170. The number of carbonyl (C=O) groups excluding carboxylic acids is 2. The normalized spacial score (nSPS) is 18.4. The molecule has 0 spiro atoms. The van der Waals surface area contributed by atoms with Crippen LogP contribution in [-0.4, -0.2) is 34.6 Å². The molecule has 0 saturated heterocycles. The lowest BCUT2D eigenvalue weighted by Crippen LogP contribution is -2.44. The van der Waals surface area contributed by atoms with Gasteiger partial charge in [0, 0.05) is 28.6 Å². The number of nitrogens with zero attached hydrogens (tertiary/aromatic N) is 4. The highest BCUT2D eigenvalue weighted by Crippen LogP contribution is 2.45. The van der Waals surface area contributed by atoms with Crippen LogP contribution in [0.4, 0.5) is 11.6 Å². The Balaban J connectivity index is 2.27. The quantitative estimate of drug-likeness (QED) is 0.617. The maximum absolute atomic E-state index is 13.0. The van der Waals surface area contributed by atoms with Gasteiger partial charge in [0.15, 0.2) is 0 Å². The summed E-state index contributed by atoms with van der Waals surface area (Å²) in [6.07, 6.45) is 0. The first-order chi connectivity index (χ1) is 15.2. The number of amides is 1. The monoisotopic (exact) mass is 476 g/mol. The lowest BCUT2D eigenvalue weighted by atomic mass is 9.76. The van der Waals surface area contributed by atoms with Crippen LogP contribution in [0.5, 0.6) is 0 Å². The number of esters is 1. The van der Waals surface area contributed by atoms with Gasteiger partial charge in [0.1, 0.15) is 11.8 Å². The van der Waals surface area contributed by atoms with Crippen molar-refractivity contribution < 1.29 is 19.0 Å². The Morgan fingerprint density at radius 3 is 2.69 bits per heavy atom. The Morgan fingerprint density at radius 2 is 2.09 bits per heavy atom. The van der Waals surface area contributed by atoms with Crippen LogP contribution in [0, 0.1) is 22.7 Å². The zero-order chi connectivity index (χ0) is 23.6. The second-order valence-corrected chi connectivity index (χ2v) is 7.65. The Hall–Kier alpha value is -3.42. The van der Waals surface area contributed by atoms with Crippen molar-refractivity contribution in [3.63, 3.8) is 0 Å². The number of anilines is 2. The van der Waals surface area contributed by atoms with Gasteiger partial charge >= 0.3 is 5.97 Å². The van der Waals surface area contributed by atoms with Crippen LogP contribution in [0.25, 0.3) is 0 Å². The second kappa shape index (κ2) is 9.38. The van der Waals surface area contributed by atoms with Gasteiger partial charge in [-0.1, -0.05) is 29.3 Å². The van der Waals surface area contributed by atoms with Crippen molar-refractivity contribution in [2.45, 2.75) is 26.7 Å². The first kappa shape index (κ1) is 23.2. The van der Waals surface area contributed by atoms with Crippen molar-refractivity contribution in [2.24, 2.45) is 5.92 Å². The van der Waals surface area contributed by atoms with Gasteiger partial charge in [-0.25, -0.2) is 9.42 Å². The van der Waals surface area contributed by atoms with Gasteiger partial charge in [0.05, 0.1) is 18.2 Å². The number of hydrogen-bond acceptors (Lipinski definition) is 8. The number of allylic oxidation sites excluding steroid dienone is 1. The summed E-state index contributed by atoms with van der Waals surface area (Å²) in [6, 6.07) is 6.77. The number of carbonyl (C=O) groups is 2. The van der Waals surface area contributed by atoms with E-state index in [2.05, 4.69) is 21.7 Å². The number of amidine groups is 1. The van der Waals surface area contributed by atoms with Gasteiger partial charge in [0.2, 0.25) is 17.5 Å². The number of hydrogen-bond donors (Lipinski definition) is 2. The molecule has 0 fully saturated rings. The van der Waals surface area contributed by atoms with Crippen LogP contribution in [0.2, 0.25) is 10.0 Å². The summed E-state index contributed by atoms with van der Waals surface area (Å²) in [7, 11) is 0. The van der Waals surface area contributed by atoms with Crippen molar-refractivity contribution >= 4 is 52.5 Å². The van der Waals surface area contributed by atoms with Crippen molar-refractivity contribution in [2.75, 3.05) is 16.8 Å². The molecular weight excluding hydrogens is 459 g/mol. The van der Waals surface area contributed by atoms with E-state index in [1.807, 2.05) is 0 Å². The molecule has 1 aliphatic heterocycles. The van der Waals surface area contributed by atoms with E-state index in [-0.39, 0.29) is 40.4 Å². The molecule has 0 bridgehead atoms. The summed E-state index contributed by atoms with van der Waals surface area (Å²) in [4.78, 5) is 25.8. The number of aromatic nitrogens is 2. The molecule has 1 aromatic carbocycles. The third kappa shape index (κ3) is 4.17. The van der Waals surface area contributed by atoms with Gasteiger partial charge in [0.25, 0.3) is 0 Å². The van der Waals surface area contributed by atoms with Crippen molar-refractivity contribution in [1.82, 2.24) is 10.3 Å². The standard InChI is InChI=1S/C20H18Cl2N6O4/c1-4-31-20(30)15-9(2)28(19-18(25-10(3)29)26-32-27-19)17(24)13(8-23)16(15)12-6-5-11(21)7-14(12)22/h5-7,13,16,24H,4H2,1-3H3,(H,25,26,29). The topological polar surface area (TPSA) is 145 Å². The van der Waals surface area contributed by atoms with Crippen molar-refractivity contribution in [3.05, 3.63) is 45.1 Å². The SMILES string of the molecule is CCOC(=O)C1=C(C)N(c2nonc2NC(C)=O)C(=N)C(C#N)C1c1ccc(Cl)cc1Cl. The molecule has 3 rings (SSSR count). The molecule has 2 heterocycles. The molecule has 2 atom stereocenters. The summed E-state index contributed by atoms with van der Waals surface area (Å²) >= 11 is 12.4. The molecule has 2 N–H and O–H groups in total. The summed E-state index contributed by atoms with van der Waals surface area (Å²) in [5, 5.41) is 29.2. The number of nitriles is 1. The van der Waals surface area contributed by atoms with Crippen LogP contribution in [-0.2, 0) is 14.3 Å². The van der Waals surface area contributed by atoms with E-state index in [9.17, 15) is 14.9 Å². The van der Waals surface area contributed by atoms with Crippen LogP contribution in [0.15, 0.2) is 34.1 Å². The summed E-state index contributed by atoms with van der Waals surface area (Å²) in [6.45, 7) is 4.58. The number of rotatable bonds is 5. The van der Waals surface area contributed by atoms with Crippen LogP contribution < -0.4 is 10.2 Å². The van der Waals surface area contributed by atoms with Crippen molar-refractivity contribution in [3.8, 4) is 6.07 Å². The Labute approximate surface area is 193 Å². The average molecular weight is 477 g/mol. The molecular formula is C20H18Cl2N6O4. The minimum Gasteiger partial charge on any atom is -0.463 e. The van der Waals surface area contributed by atoms with Gasteiger partial charge in [-0.2, -0.15) is 5.26 Å². The number of nitrogens with one attached hydrogen (secondary N) is 2. The minimum atomic E-state index is -1.15. The highest BCUT2D eigenvalue weighted by molar-refractivity contribution is 6.35. The maximum atomic E-state index is 13.0. The van der Waals surface area contributed by atoms with Gasteiger partial charge in [-0.15, -0.1) is 0 Å². The number of ether oxygens (including phenoxy) is 1. The van der Waals surface area contributed by atoms with E-state index in [0.29, 0.717) is 10.6 Å². The molecule has 0 radical (unpaired) electrons. The van der Waals surface area contributed by atoms with E-state index in [4.69, 9.17) is 38.0 Å². The number of halogens is 2. The average Bonchev–Trinajstić information content (AvgIpc) is 3.15. The van der Waals surface area contributed by atoms with Crippen LogP contribution in [0.1, 0.15) is 32.3 Å². The fourth-order valence-electron chi connectivity index (χ4n) is 3.55. The van der Waals surface area contributed by atoms with E-state index < -0.39 is 23.7 Å². The first-order valence-electron chi connectivity index (χ1n) is 9.42. The third-order valence-corrected chi connectivity index (χ3v) is 5.38. The molecule has 10 nitrogen and oxygen atoms in total. The Kier molecular flexibility index (Phi) is 6.81. The Morgan fingerprint density at radius 1 is 1.38 bits per heavy atom. The predicted molar refractivity (Wildman–Crippen MR) is 116 cm³/mol. The molecule has 32 heavy (non-hydrogen) atoms. The summed E-state index contributed by atoms with van der Waals surface area (Å²) in [5.74, 6) is -3.52. The molecule has 12 heteroatoms. The highest BCUT2D eigenvalue weighted by atomic mass is 35.5. The molecule has 1 aliphatic rings. The fraction of sp³-hybridized carbons (Fsp3) is 0.300. The maximum Gasteiger partial charge on any atom is 0.336 e. The van der Waals surface area contributed by atoms with Gasteiger partial charge in [-0.05, 0) is 41.9 Å². The van der Waals surface area contributed by atoms with E-state index in [1.165, 1.54) is 17.9 Å². The minimum absolute atomic E-state index is 0.0506. The van der Waals surface area contributed by atoms with Crippen LogP contribution in [0.3, 0.4) is 0 Å². The van der Waals surface area contributed by atoms with Gasteiger partial charge < -0.3 is 10.1 Å². The zero-order valence-electron chi connectivity index (χ0n) is 17.3. The second-order valence-electron chi connectivity index (χ2n) is 6.81. The smallest absolute Gasteiger partial charge is 0.336 e. The molecule has 2 aromatic rings. The predicted octanol–water partition coefficient (Wildman–Crippen LogP) is 3.89. The molecule has 0 saturated carbocycles. The van der Waals surface area contributed by atoms with E-state index >= 15 is 0 Å². The van der Waals surface area contributed by atoms with Crippen LogP contribution >= 0.6 is 23.2 Å². The largest absolute Gasteiger partial charge is 0.463 e. The van der Waals surface area contributed by atoms with Crippen molar-refractivity contribution in [1.29, 1.82) is 10.7 Å². The molecule has 1 amide bonds. The van der Waals surface area contributed by atoms with E-state index in [0.717, 1.165) is 0 Å². The molecule has 166 valence electrons. The fourth-order valence-corrected chi connectivity index (χ4v) is 4.07. The summed E-state index contributed by atoms with van der Waals surface area (Å²) < 4.78 is 10.00. The van der Waals surface area contributed by atoms with Gasteiger partial charge in [-0.3, -0.25) is 15.1 Å². The lowest BCUT2D eigenvalue weighted by Gasteiger charge is -2.38. The molecule has 1 aromatic heterocycles. The zero-order valence-corrected chi connectivity index (χ0v) is 18.8. The highest BCUT2D eigenvalue weighted by Gasteiger charge is 2.45. The lowest BCUT2D eigenvalue weighted by molar-refractivity contribution is -0.139. The first-order valence-corrected chi connectivity index (χ1v) is 10.2. The molecule has 0 aliphatic carbocycles. The molecule has 2 unspecified atom stereocenters. The third-order valence-electron chi connectivity index (χ3n) is 4.81. The van der Waals surface area contributed by atoms with E-state index in [1.54, 1.807) is 26.0 Å².